The summed E-state index contributed by atoms with van der Waals surface area (Å²) in [5, 5.41) is 7.51. The quantitative estimate of drug-likeness (QED) is 0.785. The Kier molecular flexibility index (Phi) is 3.49. The van der Waals surface area contributed by atoms with Gasteiger partial charge in [0.2, 0.25) is 0 Å². The van der Waals surface area contributed by atoms with Crippen LogP contribution in [0, 0.1) is 13.8 Å². The largest absolute Gasteiger partial charge is 0.350 e. The van der Waals surface area contributed by atoms with E-state index in [4.69, 9.17) is 0 Å². The number of hydrogen-bond donors (Lipinski definition) is 3. The van der Waals surface area contributed by atoms with Gasteiger partial charge in [0.15, 0.2) is 0 Å². The number of fused-ring (bicyclic) bond motifs is 1. The van der Waals surface area contributed by atoms with Crippen molar-refractivity contribution in [2.45, 2.75) is 32.7 Å². The first-order chi connectivity index (χ1) is 9.63. The average molecular weight is 271 g/mol. The zero-order valence-corrected chi connectivity index (χ0v) is 12.0. The maximum Gasteiger partial charge on any atom is 0.267 e. The van der Waals surface area contributed by atoms with Gasteiger partial charge in [-0.05, 0) is 50.9 Å². The van der Waals surface area contributed by atoms with Crippen molar-refractivity contribution in [2.75, 3.05) is 13.1 Å². The Labute approximate surface area is 118 Å². The van der Waals surface area contributed by atoms with Crippen molar-refractivity contribution in [1.82, 2.24) is 15.6 Å². The van der Waals surface area contributed by atoms with Gasteiger partial charge in [-0.1, -0.05) is 11.6 Å². The molecule has 1 aromatic carbocycles. The van der Waals surface area contributed by atoms with Crippen LogP contribution >= 0.6 is 0 Å². The first-order valence-corrected chi connectivity index (χ1v) is 7.25. The van der Waals surface area contributed by atoms with E-state index in [0.29, 0.717) is 5.69 Å². The molecule has 1 aliphatic heterocycles. The zero-order valence-electron chi connectivity index (χ0n) is 12.0. The average Bonchev–Trinajstić information content (AvgIpc) is 2.84. The number of amides is 1. The molecule has 0 spiro atoms. The van der Waals surface area contributed by atoms with Crippen LogP contribution in [-0.2, 0) is 0 Å². The fraction of sp³-hybridized carbons (Fsp3) is 0.438. The fourth-order valence-electron chi connectivity index (χ4n) is 2.97. The molecule has 0 radical (unpaired) electrons. The van der Waals surface area contributed by atoms with Crippen molar-refractivity contribution < 1.29 is 4.79 Å². The minimum atomic E-state index is -0.00745. The van der Waals surface area contributed by atoms with Crippen LogP contribution in [0.2, 0.25) is 0 Å². The number of carbonyl (C=O) groups excluding carboxylic acids is 1. The highest BCUT2D eigenvalue weighted by Crippen LogP contribution is 2.21. The summed E-state index contributed by atoms with van der Waals surface area (Å²) < 4.78 is 0. The lowest BCUT2D eigenvalue weighted by Crippen LogP contribution is -2.45. The van der Waals surface area contributed by atoms with Crippen molar-refractivity contribution in [3.05, 3.63) is 35.0 Å². The third-order valence-corrected chi connectivity index (χ3v) is 3.95. The third kappa shape index (κ3) is 2.56. The second kappa shape index (κ2) is 5.29. The van der Waals surface area contributed by atoms with Crippen LogP contribution in [-0.4, -0.2) is 30.0 Å². The highest BCUT2D eigenvalue weighted by molar-refractivity contribution is 5.99. The molecule has 3 rings (SSSR count). The van der Waals surface area contributed by atoms with Gasteiger partial charge in [-0.3, -0.25) is 4.79 Å². The summed E-state index contributed by atoms with van der Waals surface area (Å²) >= 11 is 0. The molecule has 2 heterocycles. The highest BCUT2D eigenvalue weighted by Gasteiger charge is 2.17. The van der Waals surface area contributed by atoms with Gasteiger partial charge in [-0.15, -0.1) is 0 Å². The molecule has 1 aromatic heterocycles. The van der Waals surface area contributed by atoms with Crippen LogP contribution in [0.4, 0.5) is 0 Å². The molecule has 0 aliphatic carbocycles. The molecule has 1 saturated heterocycles. The summed E-state index contributed by atoms with van der Waals surface area (Å²) in [5.41, 5.74) is 4.11. The highest BCUT2D eigenvalue weighted by atomic mass is 16.1. The molecular formula is C16H21N3O. The van der Waals surface area contributed by atoms with Gasteiger partial charge in [0.05, 0.1) is 0 Å². The molecule has 4 nitrogen and oxygen atoms in total. The van der Waals surface area contributed by atoms with E-state index < -0.39 is 0 Å². The van der Waals surface area contributed by atoms with Gasteiger partial charge in [0, 0.05) is 23.5 Å². The zero-order chi connectivity index (χ0) is 14.1. The van der Waals surface area contributed by atoms with Gasteiger partial charge >= 0.3 is 0 Å². The number of carbonyl (C=O) groups is 1. The Bertz CT molecular complexity index is 638. The molecule has 1 aliphatic rings. The molecule has 4 heteroatoms. The third-order valence-electron chi connectivity index (χ3n) is 3.95. The summed E-state index contributed by atoms with van der Waals surface area (Å²) in [6.45, 7) is 6.06. The van der Waals surface area contributed by atoms with E-state index in [1.54, 1.807) is 0 Å². The van der Waals surface area contributed by atoms with Gasteiger partial charge in [-0.25, -0.2) is 0 Å². The van der Waals surface area contributed by atoms with Crippen molar-refractivity contribution in [2.24, 2.45) is 0 Å². The van der Waals surface area contributed by atoms with Crippen molar-refractivity contribution in [3.8, 4) is 0 Å². The predicted octanol–water partition coefficient (Wildman–Crippen LogP) is 2.27. The van der Waals surface area contributed by atoms with E-state index in [1.165, 1.54) is 11.1 Å². The molecule has 106 valence electrons. The number of nitrogens with one attached hydrogen (secondary N) is 3. The molecule has 0 bridgehead atoms. The van der Waals surface area contributed by atoms with Crippen LogP contribution in [0.15, 0.2) is 18.2 Å². The molecule has 0 saturated carbocycles. The standard InChI is InChI=1S/C16H21N3O/c1-10-6-11(2)15-12(7-10)8-14(19-15)16(20)18-13-4-3-5-17-9-13/h6-8,13,17,19H,3-5,9H2,1-2H3,(H,18,20). The summed E-state index contributed by atoms with van der Waals surface area (Å²) in [4.78, 5) is 15.6. The van der Waals surface area contributed by atoms with E-state index in [9.17, 15) is 4.79 Å². The number of aromatic amines is 1. The molecule has 2 aromatic rings. The monoisotopic (exact) mass is 271 g/mol. The van der Waals surface area contributed by atoms with Crippen LogP contribution in [0.1, 0.15) is 34.5 Å². The van der Waals surface area contributed by atoms with Gasteiger partial charge < -0.3 is 15.6 Å². The molecule has 1 amide bonds. The first kappa shape index (κ1) is 13.2. The van der Waals surface area contributed by atoms with Crippen LogP contribution in [0.3, 0.4) is 0 Å². The molecule has 1 unspecified atom stereocenters. The lowest BCUT2D eigenvalue weighted by molar-refractivity contribution is 0.0926. The minimum absolute atomic E-state index is 0.00745. The number of aromatic nitrogens is 1. The number of hydrogen-bond acceptors (Lipinski definition) is 2. The number of piperidine rings is 1. The van der Waals surface area contributed by atoms with E-state index in [1.807, 2.05) is 6.07 Å². The maximum atomic E-state index is 12.3. The van der Waals surface area contributed by atoms with Gasteiger partial charge in [0.25, 0.3) is 5.91 Å². The lowest BCUT2D eigenvalue weighted by atomic mass is 10.1. The number of benzene rings is 1. The van der Waals surface area contributed by atoms with E-state index in [0.717, 1.165) is 36.8 Å². The van der Waals surface area contributed by atoms with Crippen molar-refractivity contribution >= 4 is 16.8 Å². The smallest absolute Gasteiger partial charge is 0.267 e. The van der Waals surface area contributed by atoms with Crippen LogP contribution in [0.25, 0.3) is 10.9 Å². The number of rotatable bonds is 2. The maximum absolute atomic E-state index is 12.3. The summed E-state index contributed by atoms with van der Waals surface area (Å²) in [7, 11) is 0. The van der Waals surface area contributed by atoms with Gasteiger partial charge in [0.1, 0.15) is 5.69 Å². The van der Waals surface area contributed by atoms with Crippen molar-refractivity contribution in [3.63, 3.8) is 0 Å². The second-order valence-corrected chi connectivity index (χ2v) is 5.75. The fourth-order valence-corrected chi connectivity index (χ4v) is 2.97. The van der Waals surface area contributed by atoms with Crippen molar-refractivity contribution in [1.29, 1.82) is 0 Å². The minimum Gasteiger partial charge on any atom is -0.350 e. The SMILES string of the molecule is Cc1cc(C)c2[nH]c(C(=O)NC3CCCNC3)cc2c1. The Morgan fingerprint density at radius 3 is 2.90 bits per heavy atom. The Morgan fingerprint density at radius 2 is 2.15 bits per heavy atom. The first-order valence-electron chi connectivity index (χ1n) is 7.25. The normalized spacial score (nSPS) is 19.2. The molecule has 1 atom stereocenters. The Morgan fingerprint density at radius 1 is 1.30 bits per heavy atom. The topological polar surface area (TPSA) is 56.9 Å². The van der Waals surface area contributed by atoms with Crippen LogP contribution in [0.5, 0.6) is 0 Å². The van der Waals surface area contributed by atoms with Gasteiger partial charge in [-0.2, -0.15) is 0 Å². The Balaban J connectivity index is 1.82. The molecule has 1 fully saturated rings. The van der Waals surface area contributed by atoms with E-state index in [2.05, 4.69) is 41.6 Å². The molecular weight excluding hydrogens is 250 g/mol. The van der Waals surface area contributed by atoms with E-state index in [-0.39, 0.29) is 11.9 Å². The number of aryl methyl sites for hydroxylation is 2. The van der Waals surface area contributed by atoms with Crippen LogP contribution < -0.4 is 10.6 Å². The molecule has 20 heavy (non-hydrogen) atoms. The summed E-state index contributed by atoms with van der Waals surface area (Å²) in [5.74, 6) is -0.00745. The lowest BCUT2D eigenvalue weighted by Gasteiger charge is -2.23. The Hall–Kier alpha value is -1.81. The molecule has 3 N–H and O–H groups in total. The van der Waals surface area contributed by atoms with E-state index >= 15 is 0 Å². The number of H-pyrrole nitrogens is 1. The predicted molar refractivity (Wildman–Crippen MR) is 81.1 cm³/mol. The summed E-state index contributed by atoms with van der Waals surface area (Å²) in [6, 6.07) is 6.43. The second-order valence-electron chi connectivity index (χ2n) is 5.75. The summed E-state index contributed by atoms with van der Waals surface area (Å²) in [6.07, 6.45) is 2.17.